The van der Waals surface area contributed by atoms with Crippen molar-refractivity contribution >= 4 is 5.69 Å². The molecule has 1 unspecified atom stereocenters. The number of halogens is 3. The summed E-state index contributed by atoms with van der Waals surface area (Å²) in [5.74, 6) is 0.625. The van der Waals surface area contributed by atoms with Gasteiger partial charge in [0.1, 0.15) is 5.82 Å². The predicted octanol–water partition coefficient (Wildman–Crippen LogP) is 3.99. The molecule has 6 heteroatoms. The highest BCUT2D eigenvalue weighted by Gasteiger charge is 2.33. The van der Waals surface area contributed by atoms with Crippen LogP contribution in [-0.2, 0) is 6.18 Å². The molecule has 2 rings (SSSR count). The van der Waals surface area contributed by atoms with Gasteiger partial charge in [0.15, 0.2) is 0 Å². The highest BCUT2D eigenvalue weighted by Crippen LogP contribution is 2.36. The summed E-state index contributed by atoms with van der Waals surface area (Å²) in [7, 11) is 0. The van der Waals surface area contributed by atoms with Gasteiger partial charge in [-0.3, -0.25) is 0 Å². The molecule has 1 atom stereocenters. The van der Waals surface area contributed by atoms with Crippen molar-refractivity contribution in [2.45, 2.75) is 25.6 Å². The van der Waals surface area contributed by atoms with E-state index in [4.69, 9.17) is 0 Å². The number of benzene rings is 1. The van der Waals surface area contributed by atoms with E-state index in [1.165, 1.54) is 12.1 Å². The maximum absolute atomic E-state index is 12.9. The number of aromatic amines is 1. The molecule has 1 aromatic carbocycles. The van der Waals surface area contributed by atoms with Crippen molar-refractivity contribution in [3.05, 3.63) is 48.0 Å². The minimum Gasteiger partial charge on any atom is -0.375 e. The second-order valence-electron chi connectivity index (χ2n) is 4.12. The summed E-state index contributed by atoms with van der Waals surface area (Å²) in [4.78, 5) is 6.99. The highest BCUT2D eigenvalue weighted by molar-refractivity contribution is 5.53. The van der Waals surface area contributed by atoms with Crippen molar-refractivity contribution in [2.75, 3.05) is 5.32 Å². The molecule has 0 aliphatic carbocycles. The smallest absolute Gasteiger partial charge is 0.375 e. The number of alkyl halides is 3. The van der Waals surface area contributed by atoms with Gasteiger partial charge in [0.2, 0.25) is 0 Å². The quantitative estimate of drug-likeness (QED) is 0.881. The minimum atomic E-state index is -4.37. The molecule has 0 aliphatic rings. The van der Waals surface area contributed by atoms with Crippen LogP contribution in [0.4, 0.5) is 18.9 Å². The van der Waals surface area contributed by atoms with Crippen molar-refractivity contribution < 1.29 is 13.2 Å². The molecule has 0 spiro atoms. The van der Waals surface area contributed by atoms with Crippen LogP contribution >= 0.6 is 0 Å². The van der Waals surface area contributed by atoms with Crippen LogP contribution < -0.4 is 5.32 Å². The van der Waals surface area contributed by atoms with E-state index in [1.807, 2.05) is 6.92 Å². The summed E-state index contributed by atoms with van der Waals surface area (Å²) >= 11 is 0. The van der Waals surface area contributed by atoms with E-state index in [9.17, 15) is 13.2 Å². The van der Waals surface area contributed by atoms with Crippen LogP contribution in [0, 0.1) is 0 Å². The summed E-state index contributed by atoms with van der Waals surface area (Å²) in [6.07, 6.45) is -0.518. The van der Waals surface area contributed by atoms with Crippen LogP contribution in [0.15, 0.2) is 36.7 Å². The zero-order valence-electron chi connectivity index (χ0n) is 10.3. The van der Waals surface area contributed by atoms with Crippen molar-refractivity contribution in [1.82, 2.24) is 9.97 Å². The normalized spacial score (nSPS) is 13.3. The van der Waals surface area contributed by atoms with Crippen molar-refractivity contribution in [3.8, 4) is 0 Å². The largest absolute Gasteiger partial charge is 0.418 e. The number of para-hydroxylation sites is 1. The fourth-order valence-corrected chi connectivity index (χ4v) is 1.88. The van der Waals surface area contributed by atoms with Crippen LogP contribution in [0.5, 0.6) is 0 Å². The maximum Gasteiger partial charge on any atom is 0.418 e. The first-order valence-corrected chi connectivity index (χ1v) is 5.94. The van der Waals surface area contributed by atoms with Gasteiger partial charge in [0.05, 0.1) is 11.6 Å². The van der Waals surface area contributed by atoms with Gasteiger partial charge in [-0.1, -0.05) is 19.1 Å². The van der Waals surface area contributed by atoms with Gasteiger partial charge < -0.3 is 10.3 Å². The van der Waals surface area contributed by atoms with Crippen molar-refractivity contribution in [3.63, 3.8) is 0 Å². The van der Waals surface area contributed by atoms with Crippen LogP contribution in [0.25, 0.3) is 0 Å². The van der Waals surface area contributed by atoms with Gasteiger partial charge in [-0.2, -0.15) is 13.2 Å². The van der Waals surface area contributed by atoms with Gasteiger partial charge in [-0.25, -0.2) is 4.98 Å². The summed E-state index contributed by atoms with van der Waals surface area (Å²) in [6.45, 7) is 1.89. The van der Waals surface area contributed by atoms with E-state index in [-0.39, 0.29) is 11.7 Å². The molecule has 0 radical (unpaired) electrons. The number of rotatable bonds is 4. The monoisotopic (exact) mass is 269 g/mol. The number of nitrogens with one attached hydrogen (secondary N) is 2. The minimum absolute atomic E-state index is 0.0678. The molecular formula is C13H14F3N3. The molecule has 1 heterocycles. The molecule has 19 heavy (non-hydrogen) atoms. The zero-order chi connectivity index (χ0) is 13.9. The third-order valence-electron chi connectivity index (χ3n) is 2.82. The lowest BCUT2D eigenvalue weighted by Crippen LogP contribution is -2.15. The molecule has 2 N–H and O–H groups in total. The lowest BCUT2D eigenvalue weighted by molar-refractivity contribution is -0.137. The molecule has 0 bridgehead atoms. The van der Waals surface area contributed by atoms with Crippen LogP contribution in [0.1, 0.15) is 30.8 Å². The van der Waals surface area contributed by atoms with E-state index >= 15 is 0 Å². The Hall–Kier alpha value is -1.98. The maximum atomic E-state index is 12.9. The third kappa shape index (κ3) is 3.07. The number of imidazole rings is 1. The van der Waals surface area contributed by atoms with E-state index in [0.717, 1.165) is 6.07 Å². The third-order valence-corrected chi connectivity index (χ3v) is 2.82. The molecular weight excluding hydrogens is 255 g/mol. The first-order valence-electron chi connectivity index (χ1n) is 5.94. The van der Waals surface area contributed by atoms with Crippen LogP contribution in [-0.4, -0.2) is 9.97 Å². The summed E-state index contributed by atoms with van der Waals surface area (Å²) < 4.78 is 38.6. The van der Waals surface area contributed by atoms with Gasteiger partial charge in [-0.05, 0) is 18.6 Å². The molecule has 0 saturated carbocycles. The highest BCUT2D eigenvalue weighted by atomic mass is 19.4. The Kier molecular flexibility index (Phi) is 3.78. The second-order valence-corrected chi connectivity index (χ2v) is 4.12. The topological polar surface area (TPSA) is 40.7 Å². The standard InChI is InChI=1S/C13H14F3N3/c1-2-10(12-17-7-8-18-12)19-11-6-4-3-5-9(11)13(14,15)16/h3-8,10,19H,2H2,1H3,(H,17,18). The van der Waals surface area contributed by atoms with Gasteiger partial charge in [-0.15, -0.1) is 0 Å². The lowest BCUT2D eigenvalue weighted by Gasteiger charge is -2.19. The number of hydrogen-bond donors (Lipinski definition) is 2. The van der Waals surface area contributed by atoms with Crippen LogP contribution in [0.2, 0.25) is 0 Å². The molecule has 3 nitrogen and oxygen atoms in total. The molecule has 1 aromatic heterocycles. The molecule has 0 amide bonds. The van der Waals surface area contributed by atoms with E-state index in [2.05, 4.69) is 15.3 Å². The Morgan fingerprint density at radius 3 is 2.63 bits per heavy atom. The second kappa shape index (κ2) is 5.34. The Morgan fingerprint density at radius 2 is 2.05 bits per heavy atom. The first-order chi connectivity index (χ1) is 9.02. The lowest BCUT2D eigenvalue weighted by atomic mass is 10.1. The molecule has 102 valence electrons. The fraction of sp³-hybridized carbons (Fsp3) is 0.308. The molecule has 2 aromatic rings. The number of hydrogen-bond acceptors (Lipinski definition) is 2. The Balaban J connectivity index is 2.28. The van der Waals surface area contributed by atoms with Gasteiger partial charge in [0, 0.05) is 18.1 Å². The summed E-state index contributed by atoms with van der Waals surface area (Å²) in [6, 6.07) is 5.17. The number of aromatic nitrogens is 2. The van der Waals surface area contributed by atoms with E-state index < -0.39 is 11.7 Å². The van der Waals surface area contributed by atoms with Crippen molar-refractivity contribution in [1.29, 1.82) is 0 Å². The van der Waals surface area contributed by atoms with Crippen molar-refractivity contribution in [2.24, 2.45) is 0 Å². The zero-order valence-corrected chi connectivity index (χ0v) is 10.3. The first kappa shape index (κ1) is 13.5. The van der Waals surface area contributed by atoms with Gasteiger partial charge >= 0.3 is 6.18 Å². The fourth-order valence-electron chi connectivity index (χ4n) is 1.88. The summed E-state index contributed by atoms with van der Waals surface area (Å²) in [5, 5.41) is 2.89. The van der Waals surface area contributed by atoms with E-state index in [1.54, 1.807) is 18.5 Å². The summed E-state index contributed by atoms with van der Waals surface area (Å²) in [5.41, 5.74) is -0.599. The predicted molar refractivity (Wildman–Crippen MR) is 66.7 cm³/mol. The average molecular weight is 269 g/mol. The Morgan fingerprint density at radius 1 is 1.32 bits per heavy atom. The Labute approximate surface area is 108 Å². The Bertz CT molecular complexity index is 520. The SMILES string of the molecule is CCC(Nc1ccccc1C(F)(F)F)c1ncc[nH]1. The molecule has 0 aliphatic heterocycles. The number of anilines is 1. The number of nitrogens with zero attached hydrogens (tertiary/aromatic N) is 1. The number of H-pyrrole nitrogens is 1. The average Bonchev–Trinajstić information content (AvgIpc) is 2.89. The molecule has 0 fully saturated rings. The van der Waals surface area contributed by atoms with E-state index in [0.29, 0.717) is 12.2 Å². The van der Waals surface area contributed by atoms with Gasteiger partial charge in [0.25, 0.3) is 0 Å². The molecule has 0 saturated heterocycles. The van der Waals surface area contributed by atoms with Crippen LogP contribution in [0.3, 0.4) is 0 Å².